The molecule has 4 heteroatoms. The second kappa shape index (κ2) is 7.50. The van der Waals surface area contributed by atoms with Crippen molar-refractivity contribution in [3.05, 3.63) is 59.5 Å². The first-order valence-corrected chi connectivity index (χ1v) is 9.45. The largest absolute Gasteiger partial charge is 0.496 e. The molecule has 0 aliphatic heterocycles. The average molecular weight is 350 g/mol. The normalized spacial score (nSPS) is 19.9. The fourth-order valence-electron chi connectivity index (χ4n) is 4.24. The van der Waals surface area contributed by atoms with Gasteiger partial charge < -0.3 is 14.6 Å². The Morgan fingerprint density at radius 2 is 2.08 bits per heavy atom. The van der Waals surface area contributed by atoms with E-state index in [2.05, 4.69) is 52.9 Å². The van der Waals surface area contributed by atoms with Gasteiger partial charge in [0.05, 0.1) is 12.8 Å². The minimum Gasteiger partial charge on any atom is -0.496 e. The molecule has 1 aliphatic carbocycles. The van der Waals surface area contributed by atoms with Crippen LogP contribution in [0.2, 0.25) is 0 Å². The van der Waals surface area contributed by atoms with Gasteiger partial charge in [0.2, 0.25) is 0 Å². The molecule has 0 radical (unpaired) electrons. The zero-order valence-corrected chi connectivity index (χ0v) is 15.5. The number of nitrogens with one attached hydrogen (secondary N) is 1. The second-order valence-electron chi connectivity index (χ2n) is 7.28. The number of aromatic nitrogens is 1. The second-order valence-corrected chi connectivity index (χ2v) is 7.28. The lowest BCUT2D eigenvalue weighted by atomic mass is 9.97. The Labute approximate surface area is 154 Å². The van der Waals surface area contributed by atoms with Crippen molar-refractivity contribution in [2.75, 3.05) is 7.11 Å². The van der Waals surface area contributed by atoms with Crippen LogP contribution in [0.4, 0.5) is 0 Å². The molecule has 136 valence electrons. The summed E-state index contributed by atoms with van der Waals surface area (Å²) in [5, 5.41) is 10.3. The Morgan fingerprint density at radius 3 is 2.88 bits per heavy atom. The van der Waals surface area contributed by atoms with Crippen LogP contribution >= 0.6 is 0 Å². The molecule has 1 fully saturated rings. The van der Waals surface area contributed by atoms with Crippen molar-refractivity contribution in [2.24, 2.45) is 5.92 Å². The Kier molecular flexibility index (Phi) is 4.93. The molecule has 0 amide bonds. The lowest BCUT2D eigenvalue weighted by Gasteiger charge is -2.21. The molecule has 2 atom stereocenters. The molecule has 1 aromatic heterocycles. The maximum atomic E-state index is 5.63. The van der Waals surface area contributed by atoms with Gasteiger partial charge in [0.15, 0.2) is 0 Å². The van der Waals surface area contributed by atoms with E-state index in [0.29, 0.717) is 12.0 Å². The smallest absolute Gasteiger partial charge is 0.137 e. The van der Waals surface area contributed by atoms with Crippen LogP contribution in [0.1, 0.15) is 36.3 Å². The molecule has 0 bridgehead atoms. The van der Waals surface area contributed by atoms with E-state index in [1.807, 2.05) is 6.92 Å². The van der Waals surface area contributed by atoms with E-state index in [4.69, 9.17) is 9.26 Å². The summed E-state index contributed by atoms with van der Waals surface area (Å²) in [6.45, 7) is 2.80. The fraction of sp³-hybridized carbons (Fsp3) is 0.409. The fourth-order valence-corrected chi connectivity index (χ4v) is 4.24. The Balaban J connectivity index is 1.50. The third kappa shape index (κ3) is 3.47. The highest BCUT2D eigenvalue weighted by Gasteiger charge is 2.28. The van der Waals surface area contributed by atoms with Gasteiger partial charge in [-0.25, -0.2) is 0 Å². The summed E-state index contributed by atoms with van der Waals surface area (Å²) in [7, 11) is 1.75. The lowest BCUT2D eigenvalue weighted by Crippen LogP contribution is -2.33. The zero-order valence-electron chi connectivity index (χ0n) is 15.5. The van der Waals surface area contributed by atoms with Crippen LogP contribution in [0, 0.1) is 12.8 Å². The molecule has 1 N–H and O–H groups in total. The predicted octanol–water partition coefficient (Wildman–Crippen LogP) is 4.65. The average Bonchev–Trinajstić information content (AvgIpc) is 3.28. The first-order valence-electron chi connectivity index (χ1n) is 9.45. The van der Waals surface area contributed by atoms with Gasteiger partial charge in [0.1, 0.15) is 11.5 Å². The number of methoxy groups -OCH3 is 1. The molecule has 0 unspecified atom stereocenters. The van der Waals surface area contributed by atoms with Crippen LogP contribution < -0.4 is 10.1 Å². The molecule has 26 heavy (non-hydrogen) atoms. The maximum Gasteiger partial charge on any atom is 0.137 e. The van der Waals surface area contributed by atoms with Crippen molar-refractivity contribution in [2.45, 2.75) is 45.2 Å². The summed E-state index contributed by atoms with van der Waals surface area (Å²) in [5.74, 6) is 2.56. The van der Waals surface area contributed by atoms with Gasteiger partial charge in [-0.05, 0) is 42.5 Å². The van der Waals surface area contributed by atoms with Crippen LogP contribution in [0.5, 0.6) is 5.75 Å². The van der Waals surface area contributed by atoms with Crippen LogP contribution in [-0.2, 0) is 13.0 Å². The number of hydrogen-bond donors (Lipinski definition) is 1. The van der Waals surface area contributed by atoms with Gasteiger partial charge >= 0.3 is 0 Å². The van der Waals surface area contributed by atoms with E-state index in [9.17, 15) is 0 Å². The Bertz CT molecular complexity index is 887. The van der Waals surface area contributed by atoms with Gasteiger partial charge in [-0.1, -0.05) is 41.9 Å². The predicted molar refractivity (Wildman–Crippen MR) is 103 cm³/mol. The first kappa shape index (κ1) is 17.1. The van der Waals surface area contributed by atoms with Crippen molar-refractivity contribution < 1.29 is 9.26 Å². The maximum absolute atomic E-state index is 5.63. The number of hydrogen-bond acceptors (Lipinski definition) is 4. The summed E-state index contributed by atoms with van der Waals surface area (Å²) in [5.41, 5.74) is 2.20. The van der Waals surface area contributed by atoms with Gasteiger partial charge in [-0.15, -0.1) is 0 Å². The third-order valence-electron chi connectivity index (χ3n) is 5.56. The van der Waals surface area contributed by atoms with E-state index in [1.54, 1.807) is 7.11 Å². The third-order valence-corrected chi connectivity index (χ3v) is 5.56. The minimum atomic E-state index is 0.504. The highest BCUT2D eigenvalue weighted by atomic mass is 16.5. The minimum absolute atomic E-state index is 0.504. The molecule has 1 heterocycles. The first-order chi connectivity index (χ1) is 12.7. The Morgan fingerprint density at radius 1 is 1.19 bits per heavy atom. The number of benzene rings is 2. The molecule has 1 saturated carbocycles. The van der Waals surface area contributed by atoms with Crippen molar-refractivity contribution in [1.82, 2.24) is 10.5 Å². The van der Waals surface area contributed by atoms with E-state index in [-0.39, 0.29) is 0 Å². The van der Waals surface area contributed by atoms with E-state index < -0.39 is 0 Å². The topological polar surface area (TPSA) is 47.3 Å². The van der Waals surface area contributed by atoms with Crippen molar-refractivity contribution in [3.63, 3.8) is 0 Å². The molecule has 0 saturated heterocycles. The highest BCUT2D eigenvalue weighted by molar-refractivity contribution is 5.87. The van der Waals surface area contributed by atoms with Gasteiger partial charge in [0.25, 0.3) is 0 Å². The molecule has 3 aromatic rings. The monoisotopic (exact) mass is 350 g/mol. The van der Waals surface area contributed by atoms with Crippen LogP contribution in [0.15, 0.2) is 47.0 Å². The van der Waals surface area contributed by atoms with Crippen molar-refractivity contribution >= 4 is 10.8 Å². The molecular weight excluding hydrogens is 324 g/mol. The van der Waals surface area contributed by atoms with Crippen molar-refractivity contribution in [3.8, 4) is 5.75 Å². The van der Waals surface area contributed by atoms with Crippen LogP contribution in [-0.4, -0.2) is 18.3 Å². The van der Waals surface area contributed by atoms with E-state index >= 15 is 0 Å². The molecule has 0 spiro atoms. The number of rotatable bonds is 6. The van der Waals surface area contributed by atoms with Crippen LogP contribution in [0.3, 0.4) is 0 Å². The summed E-state index contributed by atoms with van der Waals surface area (Å²) in [4.78, 5) is 0. The quantitative estimate of drug-likeness (QED) is 0.703. The lowest BCUT2D eigenvalue weighted by molar-refractivity contribution is 0.328. The van der Waals surface area contributed by atoms with Gasteiger partial charge in [-0.3, -0.25) is 0 Å². The summed E-state index contributed by atoms with van der Waals surface area (Å²) in [6.07, 6.45) is 4.68. The van der Waals surface area contributed by atoms with Gasteiger partial charge in [-0.2, -0.15) is 0 Å². The Hall–Kier alpha value is -2.33. The highest BCUT2D eigenvalue weighted by Crippen LogP contribution is 2.32. The summed E-state index contributed by atoms with van der Waals surface area (Å²) in [6, 6.07) is 15.3. The molecule has 4 rings (SSSR count). The number of aryl methyl sites for hydroxylation is 1. The van der Waals surface area contributed by atoms with Gasteiger partial charge in [0, 0.05) is 30.6 Å². The number of ether oxygens (including phenoxy) is 1. The molecule has 1 aliphatic rings. The van der Waals surface area contributed by atoms with E-state index in [0.717, 1.165) is 30.2 Å². The molecule has 4 nitrogen and oxygen atoms in total. The summed E-state index contributed by atoms with van der Waals surface area (Å²) >= 11 is 0. The summed E-state index contributed by atoms with van der Waals surface area (Å²) < 4.78 is 11.1. The molecular formula is C22H26N2O2. The van der Waals surface area contributed by atoms with Crippen LogP contribution in [0.25, 0.3) is 10.8 Å². The van der Waals surface area contributed by atoms with Crippen molar-refractivity contribution in [1.29, 1.82) is 0 Å². The standard InChI is InChI=1S/C22H26N2O2/c1-15-12-18(26-24-15)13-17-7-5-9-21(17)23-14-20-19-8-4-3-6-16(19)10-11-22(20)25-2/h3-4,6,8,10-12,17,21,23H,5,7,9,13-14H2,1-2H3/t17-,21+/m0/s1. The number of nitrogens with zero attached hydrogens (tertiary/aromatic N) is 1. The number of fused-ring (bicyclic) bond motifs is 1. The zero-order chi connectivity index (χ0) is 17.9. The molecule has 2 aromatic carbocycles. The SMILES string of the molecule is COc1ccc2ccccc2c1CN[C@@H]1CCC[C@H]1Cc1cc(C)no1. The van der Waals surface area contributed by atoms with E-state index in [1.165, 1.54) is 35.6 Å².